The van der Waals surface area contributed by atoms with E-state index in [-0.39, 0.29) is 12.3 Å². The number of ether oxygens (including phenoxy) is 1. The Bertz CT molecular complexity index is 938. The number of thiazole rings is 1. The second-order valence-corrected chi connectivity index (χ2v) is 6.49. The minimum Gasteiger partial charge on any atom is -0.465 e. The Hall–Kier alpha value is -3.06. The van der Waals surface area contributed by atoms with Gasteiger partial charge in [-0.05, 0) is 36.8 Å². The van der Waals surface area contributed by atoms with E-state index < -0.39 is 5.97 Å². The smallest absolute Gasteiger partial charge is 0.337 e. The Labute approximate surface area is 154 Å². The van der Waals surface area contributed by atoms with Gasteiger partial charge in [0.1, 0.15) is 5.01 Å². The van der Waals surface area contributed by atoms with Crippen molar-refractivity contribution in [3.8, 4) is 10.6 Å². The van der Waals surface area contributed by atoms with Crippen LogP contribution in [0.5, 0.6) is 0 Å². The van der Waals surface area contributed by atoms with E-state index in [1.54, 1.807) is 30.6 Å². The molecule has 1 N–H and O–H groups in total. The highest BCUT2D eigenvalue weighted by atomic mass is 32.1. The predicted octanol–water partition coefficient (Wildman–Crippen LogP) is 3.48. The number of nitrogens with one attached hydrogen (secondary N) is 1. The molecule has 7 heteroatoms. The van der Waals surface area contributed by atoms with E-state index in [2.05, 4.69) is 15.3 Å². The van der Waals surface area contributed by atoms with Crippen LogP contribution in [0.15, 0.2) is 48.1 Å². The van der Waals surface area contributed by atoms with Crippen molar-refractivity contribution in [2.45, 2.75) is 13.3 Å². The molecule has 2 aromatic heterocycles. The Morgan fingerprint density at radius 2 is 2.12 bits per heavy atom. The van der Waals surface area contributed by atoms with Gasteiger partial charge in [0.05, 0.1) is 24.8 Å². The van der Waals surface area contributed by atoms with Crippen molar-refractivity contribution < 1.29 is 14.3 Å². The van der Waals surface area contributed by atoms with Crippen LogP contribution >= 0.6 is 11.3 Å². The molecule has 0 saturated heterocycles. The van der Waals surface area contributed by atoms with Crippen molar-refractivity contribution in [1.29, 1.82) is 0 Å². The first kappa shape index (κ1) is 17.8. The first-order valence-electron chi connectivity index (χ1n) is 7.90. The number of hydrogen-bond donors (Lipinski definition) is 1. The number of carbonyl (C=O) groups excluding carboxylic acids is 2. The van der Waals surface area contributed by atoms with Gasteiger partial charge in [-0.25, -0.2) is 9.78 Å². The first-order valence-corrected chi connectivity index (χ1v) is 8.78. The molecule has 26 heavy (non-hydrogen) atoms. The number of benzene rings is 1. The van der Waals surface area contributed by atoms with Gasteiger partial charge in [0.2, 0.25) is 5.91 Å². The van der Waals surface area contributed by atoms with Crippen LogP contribution in [0.1, 0.15) is 21.6 Å². The molecular weight excluding hydrogens is 350 g/mol. The Balaban J connectivity index is 1.70. The number of aryl methyl sites for hydroxylation is 1. The maximum Gasteiger partial charge on any atom is 0.337 e. The van der Waals surface area contributed by atoms with E-state index in [1.165, 1.54) is 18.4 Å². The van der Waals surface area contributed by atoms with Crippen LogP contribution in [0, 0.1) is 6.92 Å². The molecule has 0 aliphatic carbocycles. The number of esters is 1. The van der Waals surface area contributed by atoms with Crippen LogP contribution in [-0.4, -0.2) is 29.0 Å². The summed E-state index contributed by atoms with van der Waals surface area (Å²) >= 11 is 1.47. The summed E-state index contributed by atoms with van der Waals surface area (Å²) in [5.74, 6) is -0.640. The molecule has 0 bridgehead atoms. The van der Waals surface area contributed by atoms with Gasteiger partial charge in [-0.1, -0.05) is 6.07 Å². The van der Waals surface area contributed by atoms with Crippen LogP contribution in [0.3, 0.4) is 0 Å². The van der Waals surface area contributed by atoms with Gasteiger partial charge in [0.25, 0.3) is 0 Å². The first-order chi connectivity index (χ1) is 12.6. The lowest BCUT2D eigenvalue weighted by Gasteiger charge is -2.09. The lowest BCUT2D eigenvalue weighted by molar-refractivity contribution is -0.115. The van der Waals surface area contributed by atoms with Crippen molar-refractivity contribution in [3.05, 3.63) is 64.9 Å². The summed E-state index contributed by atoms with van der Waals surface area (Å²) in [4.78, 5) is 32.6. The van der Waals surface area contributed by atoms with Crippen molar-refractivity contribution in [2.24, 2.45) is 0 Å². The zero-order valence-electron chi connectivity index (χ0n) is 14.4. The van der Waals surface area contributed by atoms with Crippen LogP contribution in [-0.2, 0) is 16.0 Å². The van der Waals surface area contributed by atoms with Gasteiger partial charge in [0.15, 0.2) is 0 Å². The number of nitrogens with zero attached hydrogens (tertiary/aromatic N) is 2. The second-order valence-electron chi connectivity index (χ2n) is 5.63. The summed E-state index contributed by atoms with van der Waals surface area (Å²) in [5.41, 5.74) is 3.45. The van der Waals surface area contributed by atoms with Crippen molar-refractivity contribution >= 4 is 28.9 Å². The van der Waals surface area contributed by atoms with E-state index in [1.807, 2.05) is 24.4 Å². The standard InChI is InChI=1S/C19H17N3O3S/c1-12-5-6-13(19(24)25-2)8-16(12)22-17(23)9-15-11-26-18(21-15)14-4-3-7-20-10-14/h3-8,10-11H,9H2,1-2H3,(H,22,23). The van der Waals surface area contributed by atoms with E-state index in [4.69, 9.17) is 4.74 Å². The van der Waals surface area contributed by atoms with Crippen LogP contribution in [0.2, 0.25) is 0 Å². The average Bonchev–Trinajstić information content (AvgIpc) is 3.12. The molecule has 0 saturated carbocycles. The van der Waals surface area contributed by atoms with Crippen molar-refractivity contribution in [3.63, 3.8) is 0 Å². The number of amides is 1. The van der Waals surface area contributed by atoms with Crippen molar-refractivity contribution in [2.75, 3.05) is 12.4 Å². The van der Waals surface area contributed by atoms with E-state index in [9.17, 15) is 9.59 Å². The molecule has 0 radical (unpaired) electrons. The van der Waals surface area contributed by atoms with E-state index in [0.29, 0.717) is 16.9 Å². The molecule has 0 atom stereocenters. The number of rotatable bonds is 5. The third kappa shape index (κ3) is 4.12. The third-order valence-electron chi connectivity index (χ3n) is 3.73. The quantitative estimate of drug-likeness (QED) is 0.698. The van der Waals surface area contributed by atoms with Gasteiger partial charge in [0, 0.05) is 29.0 Å². The second kappa shape index (κ2) is 7.88. The molecule has 0 aliphatic rings. The van der Waals surface area contributed by atoms with Crippen LogP contribution < -0.4 is 5.32 Å². The SMILES string of the molecule is COC(=O)c1ccc(C)c(NC(=O)Cc2csc(-c3cccnc3)n2)c1. The molecule has 6 nitrogen and oxygen atoms in total. The molecule has 3 rings (SSSR count). The molecule has 0 unspecified atom stereocenters. The zero-order valence-corrected chi connectivity index (χ0v) is 15.2. The maximum atomic E-state index is 12.4. The lowest BCUT2D eigenvalue weighted by Crippen LogP contribution is -2.16. The fraction of sp³-hybridized carbons (Fsp3) is 0.158. The monoisotopic (exact) mass is 367 g/mol. The summed E-state index contributed by atoms with van der Waals surface area (Å²) < 4.78 is 4.71. The highest BCUT2D eigenvalue weighted by Gasteiger charge is 2.13. The van der Waals surface area contributed by atoms with E-state index in [0.717, 1.165) is 16.1 Å². The topological polar surface area (TPSA) is 81.2 Å². The number of anilines is 1. The Morgan fingerprint density at radius 3 is 2.85 bits per heavy atom. The molecule has 1 amide bonds. The molecule has 0 fully saturated rings. The van der Waals surface area contributed by atoms with Gasteiger partial charge in [-0.3, -0.25) is 9.78 Å². The number of hydrogen-bond acceptors (Lipinski definition) is 6. The Morgan fingerprint density at radius 1 is 1.27 bits per heavy atom. The van der Waals surface area contributed by atoms with Crippen molar-refractivity contribution in [1.82, 2.24) is 9.97 Å². The average molecular weight is 367 g/mol. The Kier molecular flexibility index (Phi) is 5.38. The molecule has 0 spiro atoms. The highest BCUT2D eigenvalue weighted by molar-refractivity contribution is 7.13. The maximum absolute atomic E-state index is 12.4. The summed E-state index contributed by atoms with van der Waals surface area (Å²) in [7, 11) is 1.32. The normalized spacial score (nSPS) is 10.4. The molecule has 132 valence electrons. The lowest BCUT2D eigenvalue weighted by atomic mass is 10.1. The molecule has 0 aliphatic heterocycles. The van der Waals surface area contributed by atoms with Crippen LogP contribution in [0.4, 0.5) is 5.69 Å². The molecule has 1 aromatic carbocycles. The van der Waals surface area contributed by atoms with E-state index >= 15 is 0 Å². The van der Waals surface area contributed by atoms with Gasteiger partial charge in [-0.2, -0.15) is 0 Å². The minimum atomic E-state index is -0.443. The van der Waals surface area contributed by atoms with Crippen LogP contribution in [0.25, 0.3) is 10.6 Å². The summed E-state index contributed by atoms with van der Waals surface area (Å²) in [6, 6.07) is 8.82. The highest BCUT2D eigenvalue weighted by Crippen LogP contribution is 2.23. The largest absolute Gasteiger partial charge is 0.465 e. The minimum absolute atomic E-state index is 0.151. The van der Waals surface area contributed by atoms with Gasteiger partial charge < -0.3 is 10.1 Å². The van der Waals surface area contributed by atoms with Gasteiger partial charge >= 0.3 is 5.97 Å². The molecule has 2 heterocycles. The number of aromatic nitrogens is 2. The summed E-state index contributed by atoms with van der Waals surface area (Å²) in [6.07, 6.45) is 3.60. The van der Waals surface area contributed by atoms with Gasteiger partial charge in [-0.15, -0.1) is 11.3 Å². The number of pyridine rings is 1. The number of carbonyl (C=O) groups is 2. The fourth-order valence-corrected chi connectivity index (χ4v) is 3.18. The zero-order chi connectivity index (χ0) is 18.5. The summed E-state index contributed by atoms with van der Waals surface area (Å²) in [5, 5.41) is 5.52. The predicted molar refractivity (Wildman–Crippen MR) is 100 cm³/mol. The number of methoxy groups -OCH3 is 1. The summed E-state index contributed by atoms with van der Waals surface area (Å²) in [6.45, 7) is 1.86. The molecular formula is C19H17N3O3S. The third-order valence-corrected chi connectivity index (χ3v) is 4.67. The fourth-order valence-electron chi connectivity index (χ4n) is 2.37. The molecule has 3 aromatic rings.